The number of hydrogen-bond donors (Lipinski definition) is 3. The second-order valence-electron chi connectivity index (χ2n) is 11.0. The molecule has 1 aliphatic heterocycles. The second-order valence-corrected chi connectivity index (χ2v) is 12.0. The summed E-state index contributed by atoms with van der Waals surface area (Å²) in [6.45, 7) is 2.01. The number of hydrogen-bond acceptors (Lipinski definition) is 8. The number of aromatic nitrogens is 1. The number of pyridine rings is 1. The molecule has 5 atom stereocenters. The van der Waals surface area contributed by atoms with Gasteiger partial charge in [0.15, 0.2) is 12.5 Å². The quantitative estimate of drug-likeness (QED) is 0.0868. The molecule has 3 aromatic carbocycles. The van der Waals surface area contributed by atoms with Crippen LogP contribution in [0.2, 0.25) is 0 Å². The van der Waals surface area contributed by atoms with Gasteiger partial charge in [-0.2, -0.15) is 4.73 Å². The second kappa shape index (κ2) is 15.7. The molecule has 11 heteroatoms. The fourth-order valence-electron chi connectivity index (χ4n) is 5.24. The molecule has 46 heavy (non-hydrogen) atoms. The molecule has 2 heterocycles. The molecule has 0 bridgehead atoms. The van der Waals surface area contributed by atoms with Crippen molar-refractivity contribution in [1.29, 1.82) is 0 Å². The molecule has 1 saturated heterocycles. The van der Waals surface area contributed by atoms with Crippen molar-refractivity contribution < 1.29 is 33.6 Å². The normalized spacial score (nSPS) is 20.0. The van der Waals surface area contributed by atoms with Gasteiger partial charge in [-0.15, -0.1) is 0 Å². The first-order chi connectivity index (χ1) is 22.3. The minimum Gasteiger partial charge on any atom is -0.618 e. The van der Waals surface area contributed by atoms with Gasteiger partial charge in [0.05, 0.1) is 25.9 Å². The topological polar surface area (TPSA) is 133 Å². The van der Waals surface area contributed by atoms with Gasteiger partial charge in [0.1, 0.15) is 6.04 Å². The average molecular weight is 644 g/mol. The lowest BCUT2D eigenvalue weighted by Crippen LogP contribution is -2.45. The number of ether oxygens (including phenoxy) is 3. The number of aliphatic hydroxyl groups is 1. The lowest BCUT2D eigenvalue weighted by atomic mass is 9.91. The Hall–Kier alpha value is -4.42. The van der Waals surface area contributed by atoms with Gasteiger partial charge < -0.3 is 35.2 Å². The lowest BCUT2D eigenvalue weighted by molar-refractivity contribution is -0.645. The van der Waals surface area contributed by atoms with E-state index in [9.17, 15) is 19.9 Å². The van der Waals surface area contributed by atoms with Crippen LogP contribution < -0.4 is 15.4 Å². The van der Waals surface area contributed by atoms with E-state index >= 15 is 0 Å². The van der Waals surface area contributed by atoms with Gasteiger partial charge in [-0.05, 0) is 34.9 Å². The summed E-state index contributed by atoms with van der Waals surface area (Å²) in [5.41, 5.74) is 3.92. The van der Waals surface area contributed by atoms with E-state index in [2.05, 4.69) is 17.6 Å². The van der Waals surface area contributed by atoms with Crippen molar-refractivity contribution in [3.8, 4) is 0 Å². The molecule has 0 spiro atoms. The zero-order chi connectivity index (χ0) is 32.5. The van der Waals surface area contributed by atoms with E-state index in [4.69, 9.17) is 14.2 Å². The number of carbonyl (C=O) groups is 2. The third kappa shape index (κ3) is 8.43. The SMILES string of the molecule is COC(=O)[C@H](Cc1ccccc1)NC(=O)Nc1ccc([C@@H]2O[C@H](CSc3cccc[n+]3[O-])[C@H](C)[C@H](c3ccc(CO)cc3)O2)cc1. The smallest absolute Gasteiger partial charge is 0.328 e. The summed E-state index contributed by atoms with van der Waals surface area (Å²) < 4.78 is 18.7. The van der Waals surface area contributed by atoms with E-state index in [0.717, 1.165) is 27.0 Å². The minimum atomic E-state index is -0.858. The van der Waals surface area contributed by atoms with Crippen LogP contribution in [-0.4, -0.2) is 42.1 Å². The lowest BCUT2D eigenvalue weighted by Gasteiger charge is -2.41. The molecular formula is C35H37N3O7S. The number of aliphatic hydroxyl groups excluding tert-OH is 1. The van der Waals surface area contributed by atoms with E-state index in [1.165, 1.54) is 25.1 Å². The Kier molecular flexibility index (Phi) is 11.3. The number of benzene rings is 3. The molecule has 5 rings (SSSR count). The molecular weight excluding hydrogens is 606 g/mol. The maximum atomic E-state index is 12.8. The first kappa shape index (κ1) is 33.0. The van der Waals surface area contributed by atoms with Gasteiger partial charge in [-0.3, -0.25) is 0 Å². The molecule has 1 aliphatic rings. The van der Waals surface area contributed by atoms with Gasteiger partial charge in [0.2, 0.25) is 0 Å². The number of rotatable bonds is 11. The number of nitrogens with zero attached hydrogens (tertiary/aromatic N) is 1. The Morgan fingerprint density at radius 2 is 1.63 bits per heavy atom. The van der Waals surface area contributed by atoms with Gasteiger partial charge in [-0.1, -0.05) is 85.4 Å². The van der Waals surface area contributed by atoms with Crippen LogP contribution in [-0.2, 0) is 32.0 Å². The summed E-state index contributed by atoms with van der Waals surface area (Å²) in [6, 6.07) is 28.0. The fraction of sp³-hybridized carbons (Fsp3) is 0.286. The van der Waals surface area contributed by atoms with Crippen LogP contribution in [0.5, 0.6) is 0 Å². The molecule has 0 saturated carbocycles. The highest BCUT2D eigenvalue weighted by Gasteiger charge is 2.38. The molecule has 0 aliphatic carbocycles. The Labute approximate surface area is 272 Å². The number of urea groups is 1. The number of amides is 2. The highest BCUT2D eigenvalue weighted by Crippen LogP contribution is 2.43. The average Bonchev–Trinajstić information content (AvgIpc) is 3.08. The largest absolute Gasteiger partial charge is 0.618 e. The van der Waals surface area contributed by atoms with Crippen molar-refractivity contribution in [1.82, 2.24) is 5.32 Å². The van der Waals surface area contributed by atoms with Crippen LogP contribution in [0.3, 0.4) is 0 Å². The third-order valence-electron chi connectivity index (χ3n) is 7.82. The van der Waals surface area contributed by atoms with Crippen LogP contribution in [0.1, 0.15) is 41.6 Å². The first-order valence-corrected chi connectivity index (χ1v) is 15.9. The Bertz CT molecular complexity index is 1590. The van der Waals surface area contributed by atoms with Crippen LogP contribution >= 0.6 is 11.8 Å². The predicted molar refractivity (Wildman–Crippen MR) is 174 cm³/mol. The van der Waals surface area contributed by atoms with Crippen LogP contribution in [0, 0.1) is 11.1 Å². The zero-order valence-electron chi connectivity index (χ0n) is 25.6. The van der Waals surface area contributed by atoms with Gasteiger partial charge in [-0.25, -0.2) is 9.59 Å². The van der Waals surface area contributed by atoms with Crippen molar-refractivity contribution in [2.45, 2.75) is 49.5 Å². The number of carbonyl (C=O) groups excluding carboxylic acids is 2. The first-order valence-electron chi connectivity index (χ1n) is 15.0. The molecule has 1 aromatic heterocycles. The van der Waals surface area contributed by atoms with E-state index in [-0.39, 0.29) is 31.2 Å². The summed E-state index contributed by atoms with van der Waals surface area (Å²) in [4.78, 5) is 25.2. The maximum Gasteiger partial charge on any atom is 0.328 e. The van der Waals surface area contributed by atoms with E-state index in [0.29, 0.717) is 16.5 Å². The van der Waals surface area contributed by atoms with Crippen molar-refractivity contribution >= 4 is 29.4 Å². The Morgan fingerprint density at radius 3 is 2.30 bits per heavy atom. The molecule has 240 valence electrons. The molecule has 0 unspecified atom stereocenters. The van der Waals surface area contributed by atoms with Gasteiger partial charge in [0, 0.05) is 41.5 Å². The summed E-state index contributed by atoms with van der Waals surface area (Å²) in [7, 11) is 1.29. The van der Waals surface area contributed by atoms with Crippen LogP contribution in [0.15, 0.2) is 108 Å². The van der Waals surface area contributed by atoms with Crippen LogP contribution in [0.25, 0.3) is 0 Å². The number of methoxy groups -OCH3 is 1. The molecule has 0 radical (unpaired) electrons. The Morgan fingerprint density at radius 1 is 0.935 bits per heavy atom. The number of thioether (sulfide) groups is 1. The highest BCUT2D eigenvalue weighted by molar-refractivity contribution is 7.99. The van der Waals surface area contributed by atoms with Crippen molar-refractivity contribution in [3.63, 3.8) is 0 Å². The number of nitrogens with one attached hydrogen (secondary N) is 2. The van der Waals surface area contributed by atoms with E-state index in [1.54, 1.807) is 24.3 Å². The van der Waals surface area contributed by atoms with Crippen molar-refractivity contribution in [3.05, 3.63) is 131 Å². The van der Waals surface area contributed by atoms with Gasteiger partial charge in [0.25, 0.3) is 5.03 Å². The standard InChI is InChI=1S/C35H37N3O7S/c1-23-30(22-46-31-10-6-7-19-38(31)42)44-34(45-32(23)26-13-11-25(21-39)12-14-26)27-15-17-28(18-16-27)36-35(41)37-29(33(40)43-2)20-24-8-4-3-5-9-24/h3-19,23,29-30,32,34,39H,20-22H2,1-2H3,(H2,36,37,41)/t23-,29-,30+,32+,34+/m0/s1. The minimum absolute atomic E-state index is 0.0455. The molecule has 10 nitrogen and oxygen atoms in total. The molecule has 3 N–H and O–H groups in total. The maximum absolute atomic E-state index is 12.8. The zero-order valence-corrected chi connectivity index (χ0v) is 26.4. The summed E-state index contributed by atoms with van der Waals surface area (Å²) in [5, 5.41) is 27.8. The van der Waals surface area contributed by atoms with Crippen molar-refractivity contribution in [2.24, 2.45) is 5.92 Å². The van der Waals surface area contributed by atoms with E-state index in [1.807, 2.05) is 72.8 Å². The monoisotopic (exact) mass is 643 g/mol. The van der Waals surface area contributed by atoms with Gasteiger partial charge >= 0.3 is 12.0 Å². The Balaban J connectivity index is 1.28. The molecule has 4 aromatic rings. The summed E-state index contributed by atoms with van der Waals surface area (Å²) >= 11 is 1.43. The summed E-state index contributed by atoms with van der Waals surface area (Å²) in [5.74, 6) is -0.0561. The fourth-order valence-corrected chi connectivity index (χ4v) is 6.32. The number of esters is 1. The molecule has 2 amide bonds. The number of anilines is 1. The third-order valence-corrected chi connectivity index (χ3v) is 8.93. The van der Waals surface area contributed by atoms with E-state index < -0.39 is 24.3 Å². The molecule has 1 fully saturated rings. The highest BCUT2D eigenvalue weighted by atomic mass is 32.2. The predicted octanol–water partition coefficient (Wildman–Crippen LogP) is 5.30. The summed E-state index contributed by atoms with van der Waals surface area (Å²) in [6.07, 6.45) is 0.485. The van der Waals surface area contributed by atoms with Crippen LogP contribution in [0.4, 0.5) is 10.5 Å². The van der Waals surface area contributed by atoms with Crippen molar-refractivity contribution in [2.75, 3.05) is 18.2 Å².